The van der Waals surface area contributed by atoms with Gasteiger partial charge in [0.15, 0.2) is 6.66 Å². The lowest BCUT2D eigenvalue weighted by Gasteiger charge is -2.20. The van der Waals surface area contributed by atoms with E-state index in [0.717, 1.165) is 0 Å². The molecule has 1 aromatic rings. The first-order valence-corrected chi connectivity index (χ1v) is 24.2. The minimum Gasteiger partial charge on any atom is -0.464 e. The fraction of sp³-hybridized carbons (Fsp3) is 0.824. The maximum absolute atomic E-state index is 13.4. The number of carbonyl (C=O) groups is 3. The van der Waals surface area contributed by atoms with Crippen LogP contribution in [0.3, 0.4) is 0 Å². The average Bonchev–Trinajstić information content (AvgIpc) is 3.14. The largest absolute Gasteiger partial charge is 0.504 e. The molecule has 1 aromatic heterocycles. The summed E-state index contributed by atoms with van der Waals surface area (Å²) in [5.74, 6) is -4.71. The van der Waals surface area contributed by atoms with Crippen LogP contribution in [0.4, 0.5) is 0 Å². The zero-order valence-corrected chi connectivity index (χ0v) is 38.1. The van der Waals surface area contributed by atoms with E-state index in [4.69, 9.17) is 37.0 Å². The molecule has 0 bridgehead atoms. The first kappa shape index (κ1) is 55.1. The first-order chi connectivity index (χ1) is 27.3. The van der Waals surface area contributed by atoms with Crippen LogP contribution in [-0.4, -0.2) is 117 Å². The van der Waals surface area contributed by atoms with Crippen LogP contribution in [0.1, 0.15) is 62.3 Å². The third kappa shape index (κ3) is 20.4. The highest BCUT2D eigenvalue weighted by Gasteiger charge is 2.32. The van der Waals surface area contributed by atoms with Gasteiger partial charge in [0.25, 0.3) is 0 Å². The van der Waals surface area contributed by atoms with E-state index in [0.29, 0.717) is 26.9 Å². The van der Waals surface area contributed by atoms with Gasteiger partial charge in [0.2, 0.25) is 0 Å². The van der Waals surface area contributed by atoms with Gasteiger partial charge in [0.1, 0.15) is 19.8 Å². The zero-order chi connectivity index (χ0) is 44.5. The van der Waals surface area contributed by atoms with Crippen LogP contribution in [0.5, 0.6) is 0 Å². The Bertz CT molecular complexity index is 1600. The Hall–Kier alpha value is -2.86. The van der Waals surface area contributed by atoms with Crippen molar-refractivity contribution in [2.45, 2.75) is 81.9 Å². The molecule has 0 radical (unpaired) electrons. The van der Waals surface area contributed by atoms with Gasteiger partial charge in [-0.15, -0.1) is 4.52 Å². The molecule has 0 N–H and O–H groups in total. The summed E-state index contributed by atoms with van der Waals surface area (Å²) < 4.78 is 84.0. The van der Waals surface area contributed by atoms with Gasteiger partial charge in [-0.25, -0.2) is 28.1 Å². The number of hydrogen-bond acceptors (Lipinski definition) is 18. The molecule has 58 heavy (non-hydrogen) atoms. The summed E-state index contributed by atoms with van der Waals surface area (Å²) >= 11 is 0. The van der Waals surface area contributed by atoms with Gasteiger partial charge >= 0.3 is 58.2 Å². The molecule has 0 saturated heterocycles. The fourth-order valence-corrected chi connectivity index (χ4v) is 8.98. The van der Waals surface area contributed by atoms with Gasteiger partial charge in [-0.3, -0.25) is 23.5 Å². The van der Waals surface area contributed by atoms with Crippen LogP contribution in [0.15, 0.2) is 14.4 Å². The molecule has 0 aromatic carbocycles. The predicted molar refractivity (Wildman–Crippen MR) is 213 cm³/mol. The topological polar surface area (TPSA) is 251 Å². The Labute approximate surface area is 340 Å². The van der Waals surface area contributed by atoms with Gasteiger partial charge in [0, 0.05) is 6.61 Å². The van der Waals surface area contributed by atoms with E-state index in [1.165, 1.54) is 13.8 Å². The van der Waals surface area contributed by atoms with Gasteiger partial charge in [-0.05, 0) is 53.0 Å². The number of esters is 3. The van der Waals surface area contributed by atoms with Crippen molar-refractivity contribution in [3.8, 4) is 0 Å². The molecule has 24 heteroatoms. The van der Waals surface area contributed by atoms with Gasteiger partial charge in [-0.1, -0.05) is 13.8 Å². The SMILES string of the molecule is CCOCC(C)C(=O)OCCn1c(=O)n(CCOC(=O)C(C)CP(=O)(OCC)OCC)c(=O)n(CCOC(=O)C(C)CP(=O)(OCC)OCC)c1=O.CCO[P+](C)=O. The Balaban J connectivity index is 0.00000499. The Morgan fingerprint density at radius 1 is 0.552 bits per heavy atom. The Morgan fingerprint density at radius 2 is 0.862 bits per heavy atom. The highest BCUT2D eigenvalue weighted by molar-refractivity contribution is 7.54. The van der Waals surface area contributed by atoms with E-state index in [9.17, 15) is 42.5 Å². The van der Waals surface area contributed by atoms with Gasteiger partial charge in [-0.2, -0.15) is 0 Å². The van der Waals surface area contributed by atoms with Crippen molar-refractivity contribution in [3.05, 3.63) is 31.5 Å². The lowest BCUT2D eigenvalue weighted by molar-refractivity contribution is -0.150. The van der Waals surface area contributed by atoms with Crippen LogP contribution in [-0.2, 0) is 89.3 Å². The quantitative estimate of drug-likeness (QED) is 0.0632. The minimum atomic E-state index is -3.58. The van der Waals surface area contributed by atoms with Crippen molar-refractivity contribution in [1.29, 1.82) is 0 Å². The third-order valence-corrected chi connectivity index (χ3v) is 12.7. The molecule has 1 rings (SSSR count). The molecule has 21 nitrogen and oxygen atoms in total. The standard InChI is InChI=1S/C31H55N3O16P2.C3H8O2P/c1-9-43-20-23(6)26(35)44-17-14-32-29(38)33(15-18-45-27(36)24(7)21-51(41,47-10-2)48-11-3)31(40)34(30(32)39)16-19-46-28(37)25(8)22-52(42,49-12-4)50-13-5;1-3-5-6(2)4/h23-25H,9-22H2,1-8H3;3H2,1-2H3/q;+1. The molecular weight excluding hydrogens is 831 g/mol. The van der Waals surface area contributed by atoms with Crippen LogP contribution < -0.4 is 17.1 Å². The lowest BCUT2D eigenvalue weighted by atomic mass is 10.2. The molecule has 0 fully saturated rings. The summed E-state index contributed by atoms with van der Waals surface area (Å²) in [4.78, 5) is 77.9. The highest BCUT2D eigenvalue weighted by Crippen LogP contribution is 2.50. The molecule has 0 aliphatic carbocycles. The summed E-state index contributed by atoms with van der Waals surface area (Å²) in [6.07, 6.45) is -0.529. The number of aromatic nitrogens is 3. The van der Waals surface area contributed by atoms with Gasteiger partial charge < -0.3 is 37.0 Å². The molecule has 1 heterocycles. The summed E-state index contributed by atoms with van der Waals surface area (Å²) in [6.45, 7) is 14.8. The monoisotopic (exact) mass is 894 g/mol. The number of ether oxygens (including phenoxy) is 4. The third-order valence-electron chi connectivity index (χ3n) is 7.45. The number of nitrogens with zero attached hydrogens (tertiary/aromatic N) is 3. The molecule has 0 spiro atoms. The first-order valence-electron chi connectivity index (χ1n) is 19.1. The molecular formula is C34H63N3O18P3+. The van der Waals surface area contributed by atoms with E-state index < -0.39 is 115 Å². The maximum Gasteiger partial charge on any atom is 0.504 e. The number of hydrogen-bond donors (Lipinski definition) is 0. The van der Waals surface area contributed by atoms with Crippen molar-refractivity contribution in [1.82, 2.24) is 13.7 Å². The number of rotatable bonds is 29. The van der Waals surface area contributed by atoms with Crippen molar-refractivity contribution in [2.24, 2.45) is 17.8 Å². The molecule has 0 aliphatic rings. The van der Waals surface area contributed by atoms with Crippen LogP contribution in [0, 0.1) is 17.8 Å². The fourth-order valence-electron chi connectivity index (χ4n) is 4.83. The van der Waals surface area contributed by atoms with Crippen molar-refractivity contribution in [3.63, 3.8) is 0 Å². The molecule has 0 amide bonds. The lowest BCUT2D eigenvalue weighted by Crippen LogP contribution is -2.55. The smallest absolute Gasteiger partial charge is 0.464 e. The zero-order valence-electron chi connectivity index (χ0n) is 35.4. The van der Waals surface area contributed by atoms with Crippen LogP contribution >= 0.6 is 23.2 Å². The maximum atomic E-state index is 13.4. The predicted octanol–water partition coefficient (Wildman–Crippen LogP) is 3.67. The van der Waals surface area contributed by atoms with E-state index in [1.807, 2.05) is 6.92 Å². The second-order valence-electron chi connectivity index (χ2n) is 12.3. The molecule has 4 unspecified atom stereocenters. The highest BCUT2D eigenvalue weighted by atomic mass is 31.2. The van der Waals surface area contributed by atoms with Crippen molar-refractivity contribution < 1.29 is 69.6 Å². The number of carbonyl (C=O) groups excluding carboxylic acids is 3. The Kier molecular flexibility index (Phi) is 27.9. The Morgan fingerprint density at radius 3 is 1.10 bits per heavy atom. The van der Waals surface area contributed by atoms with E-state index >= 15 is 0 Å². The van der Waals surface area contributed by atoms with E-state index in [1.54, 1.807) is 48.2 Å². The van der Waals surface area contributed by atoms with Crippen LogP contribution in [0.2, 0.25) is 0 Å². The van der Waals surface area contributed by atoms with Crippen molar-refractivity contribution >= 4 is 41.1 Å². The van der Waals surface area contributed by atoms with E-state index in [-0.39, 0.29) is 45.4 Å². The van der Waals surface area contributed by atoms with Gasteiger partial charge in [0.05, 0.1) is 89.4 Å². The normalized spacial score (nSPS) is 13.4. The second kappa shape index (κ2) is 29.4. The second-order valence-corrected chi connectivity index (χ2v) is 17.6. The summed E-state index contributed by atoms with van der Waals surface area (Å²) in [6, 6.07) is 0. The summed E-state index contributed by atoms with van der Waals surface area (Å²) in [7, 11) is -8.51. The molecule has 4 atom stereocenters. The summed E-state index contributed by atoms with van der Waals surface area (Å²) in [5, 5.41) is 0. The van der Waals surface area contributed by atoms with Crippen molar-refractivity contribution in [2.75, 3.05) is 85.1 Å². The summed E-state index contributed by atoms with van der Waals surface area (Å²) in [5.41, 5.74) is -3.23. The molecule has 0 saturated carbocycles. The molecule has 336 valence electrons. The van der Waals surface area contributed by atoms with Crippen LogP contribution in [0.25, 0.3) is 0 Å². The molecule has 0 aliphatic heterocycles. The minimum absolute atomic E-state index is 0.0948. The average molecular weight is 895 g/mol. The van der Waals surface area contributed by atoms with E-state index in [2.05, 4.69) is 4.52 Å².